The average molecular weight is 529 g/mol. The van der Waals surface area contributed by atoms with Gasteiger partial charge in [-0.25, -0.2) is 17.6 Å². The smallest absolute Gasteiger partial charge is 0.387 e. The van der Waals surface area contributed by atoms with Crippen molar-refractivity contribution in [2.75, 3.05) is 0 Å². The molecule has 198 valence electrons. The van der Waals surface area contributed by atoms with Crippen molar-refractivity contribution in [2.45, 2.75) is 45.1 Å². The zero-order chi connectivity index (χ0) is 27.2. The number of allylic oxidation sites excluding steroid dienone is 1. The highest BCUT2D eigenvalue weighted by Gasteiger charge is 2.17. The zero-order valence-electron chi connectivity index (χ0n) is 20.6. The molecule has 0 fully saturated rings. The van der Waals surface area contributed by atoms with Crippen LogP contribution in [0.1, 0.15) is 34.2 Å². The first-order valence-corrected chi connectivity index (χ1v) is 12.3. The van der Waals surface area contributed by atoms with Crippen molar-refractivity contribution in [3.8, 4) is 5.75 Å². The molecule has 0 unspecified atom stereocenters. The predicted octanol–water partition coefficient (Wildman–Crippen LogP) is 8.69. The summed E-state index contributed by atoms with van der Waals surface area (Å²) in [5, 5.41) is 1.09. The molecule has 0 radical (unpaired) electrons. The lowest BCUT2D eigenvalue weighted by Crippen LogP contribution is -2.06. The van der Waals surface area contributed by atoms with Gasteiger partial charge in [-0.15, -0.1) is 6.58 Å². The molecule has 0 aromatic heterocycles. The van der Waals surface area contributed by atoms with Crippen molar-refractivity contribution in [1.29, 1.82) is 0 Å². The Morgan fingerprint density at radius 1 is 0.658 bits per heavy atom. The molecule has 7 heteroatoms. The number of ether oxygens (including phenoxy) is 1. The fraction of sp³-hybridized carbons (Fsp3) is 0.226. The summed E-state index contributed by atoms with van der Waals surface area (Å²) < 4.78 is 86.1. The maximum atomic E-state index is 15.2. The maximum Gasteiger partial charge on any atom is 0.387 e. The Bertz CT molecular complexity index is 1420. The van der Waals surface area contributed by atoms with Gasteiger partial charge in [0.1, 0.15) is 11.6 Å². The lowest BCUT2D eigenvalue weighted by molar-refractivity contribution is -0.0546. The minimum atomic E-state index is -3.35. The number of fused-ring (bicyclic) bond motifs is 1. The Kier molecular flexibility index (Phi) is 8.77. The summed E-state index contributed by atoms with van der Waals surface area (Å²) in [7, 11) is 0. The number of alkyl halides is 2. The van der Waals surface area contributed by atoms with Crippen molar-refractivity contribution in [3.05, 3.63) is 124 Å². The van der Waals surface area contributed by atoms with Gasteiger partial charge in [0, 0.05) is 5.39 Å². The highest BCUT2D eigenvalue weighted by Crippen LogP contribution is 2.28. The molecule has 0 bridgehead atoms. The van der Waals surface area contributed by atoms with E-state index in [0.717, 1.165) is 36.1 Å². The molecule has 4 aromatic rings. The summed E-state index contributed by atoms with van der Waals surface area (Å²) in [4.78, 5) is 0. The summed E-state index contributed by atoms with van der Waals surface area (Å²) >= 11 is 0. The van der Waals surface area contributed by atoms with Gasteiger partial charge in [-0.2, -0.15) is 8.78 Å². The third-order valence-corrected chi connectivity index (χ3v) is 6.48. The van der Waals surface area contributed by atoms with Gasteiger partial charge in [-0.05, 0) is 89.9 Å². The van der Waals surface area contributed by atoms with E-state index in [0.29, 0.717) is 34.7 Å². The molecular formula is C31H26F6O. The second-order valence-corrected chi connectivity index (χ2v) is 9.11. The van der Waals surface area contributed by atoms with Crippen LogP contribution in [0.25, 0.3) is 10.8 Å². The topological polar surface area (TPSA) is 9.23 Å². The minimum absolute atomic E-state index is 0.0985. The Balaban J connectivity index is 1.43. The molecule has 4 aromatic carbocycles. The number of hydrogen-bond acceptors (Lipinski definition) is 1. The van der Waals surface area contributed by atoms with Gasteiger partial charge in [0.25, 0.3) is 0 Å². The fourth-order valence-electron chi connectivity index (χ4n) is 4.47. The molecular weight excluding hydrogens is 502 g/mol. The minimum Gasteiger partial charge on any atom is -0.429 e. The van der Waals surface area contributed by atoms with Crippen LogP contribution in [0.3, 0.4) is 0 Å². The monoisotopic (exact) mass is 528 g/mol. The van der Waals surface area contributed by atoms with Gasteiger partial charge in [0.15, 0.2) is 17.4 Å². The second kappa shape index (κ2) is 12.2. The third kappa shape index (κ3) is 6.57. The lowest BCUT2D eigenvalue weighted by atomic mass is 9.97. The summed E-state index contributed by atoms with van der Waals surface area (Å²) in [6.07, 6.45) is 4.68. The molecule has 38 heavy (non-hydrogen) atoms. The Hall–Kier alpha value is -3.74. The van der Waals surface area contributed by atoms with E-state index in [1.807, 2.05) is 12.1 Å². The quantitative estimate of drug-likeness (QED) is 0.140. The number of rotatable bonds is 11. The first kappa shape index (κ1) is 27.3. The van der Waals surface area contributed by atoms with Crippen LogP contribution >= 0.6 is 0 Å². The van der Waals surface area contributed by atoms with Crippen molar-refractivity contribution < 1.29 is 31.1 Å². The van der Waals surface area contributed by atoms with E-state index in [1.54, 1.807) is 42.5 Å². The van der Waals surface area contributed by atoms with E-state index >= 15 is 4.39 Å². The molecule has 0 saturated carbocycles. The van der Waals surface area contributed by atoms with E-state index in [2.05, 4.69) is 11.3 Å². The Morgan fingerprint density at radius 2 is 1.26 bits per heavy atom. The first-order valence-electron chi connectivity index (χ1n) is 12.3. The standard InChI is InChI=1S/C31H26F6O/c1-2-3-4-19-5-9-22(26(32)16-19)10-6-20-8-14-25-24(15-20)13-12-23(29(25)35)11-7-21-17-27(33)30(28(34)18-21)38-31(36)37/h2,5,8-9,12-18,31H,1,3-4,6-7,10-11H2. The molecule has 0 aliphatic heterocycles. The van der Waals surface area contributed by atoms with Crippen molar-refractivity contribution >= 4 is 10.8 Å². The normalized spacial score (nSPS) is 11.3. The van der Waals surface area contributed by atoms with E-state index in [9.17, 15) is 22.0 Å². The van der Waals surface area contributed by atoms with Crippen molar-refractivity contribution in [2.24, 2.45) is 0 Å². The van der Waals surface area contributed by atoms with Crippen LogP contribution in [0.5, 0.6) is 5.75 Å². The summed E-state index contributed by atoms with van der Waals surface area (Å²) in [6.45, 7) is 0.333. The molecule has 0 saturated heterocycles. The predicted molar refractivity (Wildman–Crippen MR) is 137 cm³/mol. The average Bonchev–Trinajstić information content (AvgIpc) is 2.88. The Morgan fingerprint density at radius 3 is 1.95 bits per heavy atom. The number of aryl methyl sites for hydroxylation is 5. The number of halogens is 6. The van der Waals surface area contributed by atoms with Gasteiger partial charge >= 0.3 is 6.61 Å². The zero-order valence-corrected chi connectivity index (χ0v) is 20.6. The van der Waals surface area contributed by atoms with Crippen molar-refractivity contribution in [3.63, 3.8) is 0 Å². The molecule has 0 N–H and O–H groups in total. The third-order valence-electron chi connectivity index (χ3n) is 6.48. The van der Waals surface area contributed by atoms with Crippen LogP contribution in [0.2, 0.25) is 0 Å². The molecule has 0 heterocycles. The fourth-order valence-corrected chi connectivity index (χ4v) is 4.47. The molecule has 4 rings (SSSR count). The van der Waals surface area contributed by atoms with E-state index in [4.69, 9.17) is 0 Å². The summed E-state index contributed by atoms with van der Waals surface area (Å²) in [5.41, 5.74) is 3.04. The summed E-state index contributed by atoms with van der Waals surface area (Å²) in [6, 6.07) is 15.8. The Labute approximate surface area is 217 Å². The van der Waals surface area contributed by atoms with Crippen LogP contribution in [0, 0.1) is 23.3 Å². The van der Waals surface area contributed by atoms with Crippen LogP contribution in [-0.2, 0) is 32.1 Å². The molecule has 0 atom stereocenters. The second-order valence-electron chi connectivity index (χ2n) is 9.11. The lowest BCUT2D eigenvalue weighted by Gasteiger charge is -2.11. The van der Waals surface area contributed by atoms with Gasteiger partial charge in [0.05, 0.1) is 0 Å². The summed E-state index contributed by atoms with van der Waals surface area (Å²) in [5.74, 6) is -4.29. The van der Waals surface area contributed by atoms with Crippen LogP contribution in [0.4, 0.5) is 26.3 Å². The molecule has 0 aliphatic rings. The molecule has 0 amide bonds. The molecule has 0 spiro atoms. The SMILES string of the molecule is C=CCCc1ccc(CCc2ccc3c(F)c(CCc4cc(F)c(OC(F)F)c(F)c4)ccc3c2)c(F)c1. The first-order chi connectivity index (χ1) is 18.2. The maximum absolute atomic E-state index is 15.2. The van der Waals surface area contributed by atoms with Gasteiger partial charge in [0.2, 0.25) is 0 Å². The largest absolute Gasteiger partial charge is 0.429 e. The van der Waals surface area contributed by atoms with E-state index < -0.39 is 29.8 Å². The van der Waals surface area contributed by atoms with Crippen molar-refractivity contribution in [1.82, 2.24) is 0 Å². The van der Waals surface area contributed by atoms with E-state index in [-0.39, 0.29) is 24.2 Å². The number of benzene rings is 4. The highest BCUT2D eigenvalue weighted by atomic mass is 19.3. The van der Waals surface area contributed by atoms with Crippen LogP contribution < -0.4 is 4.74 Å². The van der Waals surface area contributed by atoms with Gasteiger partial charge in [-0.1, -0.05) is 48.5 Å². The number of hydrogen-bond donors (Lipinski definition) is 0. The van der Waals surface area contributed by atoms with Crippen LogP contribution in [-0.4, -0.2) is 6.61 Å². The molecule has 1 nitrogen and oxygen atoms in total. The van der Waals surface area contributed by atoms with E-state index in [1.165, 1.54) is 0 Å². The van der Waals surface area contributed by atoms with Gasteiger partial charge in [-0.3, -0.25) is 0 Å². The molecule has 0 aliphatic carbocycles. The van der Waals surface area contributed by atoms with Gasteiger partial charge < -0.3 is 4.74 Å². The van der Waals surface area contributed by atoms with Crippen LogP contribution in [0.15, 0.2) is 73.3 Å². The highest BCUT2D eigenvalue weighted by molar-refractivity contribution is 5.84.